The van der Waals surface area contributed by atoms with E-state index in [0.29, 0.717) is 22.5 Å². The van der Waals surface area contributed by atoms with Crippen molar-refractivity contribution in [2.24, 2.45) is 7.05 Å². The number of carbonyl (C=O) groups excluding carboxylic acids is 1. The fourth-order valence-electron chi connectivity index (χ4n) is 3.27. The third-order valence-corrected chi connectivity index (χ3v) is 4.94. The molecular formula is C21H20ClN7O. The molecule has 9 heteroatoms. The fraction of sp³-hybridized carbons (Fsp3) is 0.143. The largest absolute Gasteiger partial charge is 0.323 e. The molecule has 2 N–H and O–H groups in total. The highest BCUT2D eigenvalue weighted by molar-refractivity contribution is 6.32. The number of aromatic nitrogens is 5. The minimum absolute atomic E-state index is 0.258. The molecule has 4 rings (SSSR count). The summed E-state index contributed by atoms with van der Waals surface area (Å²) in [4.78, 5) is 20.5. The maximum atomic E-state index is 11.6. The Morgan fingerprint density at radius 2 is 2.07 bits per heavy atom. The van der Waals surface area contributed by atoms with Gasteiger partial charge in [0, 0.05) is 30.5 Å². The van der Waals surface area contributed by atoms with Gasteiger partial charge in [-0.2, -0.15) is 10.1 Å². The Morgan fingerprint density at radius 1 is 1.27 bits per heavy atom. The third kappa shape index (κ3) is 3.65. The van der Waals surface area contributed by atoms with Crippen LogP contribution >= 0.6 is 11.6 Å². The number of amides is 1. The summed E-state index contributed by atoms with van der Waals surface area (Å²) in [5.74, 6) is 0.711. The number of nitrogens with one attached hydrogen (secondary N) is 2. The van der Waals surface area contributed by atoms with Crippen molar-refractivity contribution in [2.45, 2.75) is 13.8 Å². The molecule has 0 radical (unpaired) electrons. The number of rotatable bonds is 5. The smallest absolute Gasteiger partial charge is 0.247 e. The molecule has 0 atom stereocenters. The maximum Gasteiger partial charge on any atom is 0.247 e. The highest BCUT2D eigenvalue weighted by Gasteiger charge is 2.14. The SMILES string of the molecule is C=CC(=O)Nc1ccc2c(c1)c(C)cn2-c1nc(Nc2cn(C)nc2C)ncc1Cl. The van der Waals surface area contributed by atoms with Gasteiger partial charge in [-0.25, -0.2) is 4.98 Å². The van der Waals surface area contributed by atoms with Gasteiger partial charge in [0.2, 0.25) is 11.9 Å². The van der Waals surface area contributed by atoms with Gasteiger partial charge in [-0.1, -0.05) is 18.2 Å². The average molecular weight is 422 g/mol. The normalized spacial score (nSPS) is 10.9. The quantitative estimate of drug-likeness (QED) is 0.469. The number of benzene rings is 1. The van der Waals surface area contributed by atoms with Crippen molar-refractivity contribution in [2.75, 3.05) is 10.6 Å². The molecule has 0 spiro atoms. The zero-order valence-electron chi connectivity index (χ0n) is 16.8. The molecule has 0 aliphatic carbocycles. The standard InChI is InChI=1S/C21H20ClN7O/c1-5-19(30)24-14-6-7-18-15(8-14)12(2)10-29(18)20-16(22)9-23-21(26-20)25-17-11-28(4)27-13(17)3/h5-11H,1H2,2-4H3,(H,24,30)(H,23,25,26). The van der Waals surface area contributed by atoms with Crippen LogP contribution in [0.3, 0.4) is 0 Å². The van der Waals surface area contributed by atoms with Crippen molar-refractivity contribution in [1.82, 2.24) is 24.3 Å². The highest BCUT2D eigenvalue weighted by Crippen LogP contribution is 2.30. The van der Waals surface area contributed by atoms with Crippen LogP contribution < -0.4 is 10.6 Å². The molecule has 8 nitrogen and oxygen atoms in total. The van der Waals surface area contributed by atoms with Gasteiger partial charge in [0.05, 0.1) is 23.1 Å². The Kier molecular flexibility index (Phi) is 5.01. The first-order chi connectivity index (χ1) is 14.4. The number of aryl methyl sites for hydroxylation is 3. The van der Waals surface area contributed by atoms with Crippen LogP contribution in [-0.4, -0.2) is 30.2 Å². The monoisotopic (exact) mass is 421 g/mol. The summed E-state index contributed by atoms with van der Waals surface area (Å²) in [5, 5.41) is 11.7. The fourth-order valence-corrected chi connectivity index (χ4v) is 3.45. The number of nitrogens with zero attached hydrogens (tertiary/aromatic N) is 5. The summed E-state index contributed by atoms with van der Waals surface area (Å²) in [7, 11) is 1.85. The van der Waals surface area contributed by atoms with Crippen LogP contribution in [0.5, 0.6) is 0 Å². The van der Waals surface area contributed by atoms with Crippen molar-refractivity contribution < 1.29 is 4.79 Å². The first-order valence-electron chi connectivity index (χ1n) is 9.21. The van der Waals surface area contributed by atoms with Crippen LogP contribution in [0.2, 0.25) is 5.02 Å². The lowest BCUT2D eigenvalue weighted by atomic mass is 10.2. The topological polar surface area (TPSA) is 89.7 Å². The lowest BCUT2D eigenvalue weighted by molar-refractivity contribution is -0.111. The van der Waals surface area contributed by atoms with Crippen LogP contribution in [0.4, 0.5) is 17.3 Å². The van der Waals surface area contributed by atoms with Gasteiger partial charge < -0.3 is 10.6 Å². The van der Waals surface area contributed by atoms with E-state index in [1.165, 1.54) is 6.08 Å². The first kappa shape index (κ1) is 19.7. The second kappa shape index (κ2) is 7.64. The molecule has 152 valence electrons. The van der Waals surface area contributed by atoms with Crippen LogP contribution in [0.1, 0.15) is 11.3 Å². The number of carbonyl (C=O) groups is 1. The van der Waals surface area contributed by atoms with E-state index in [1.807, 2.05) is 56.1 Å². The minimum atomic E-state index is -0.258. The van der Waals surface area contributed by atoms with E-state index in [9.17, 15) is 4.79 Å². The average Bonchev–Trinajstić information content (AvgIpc) is 3.21. The van der Waals surface area contributed by atoms with E-state index in [4.69, 9.17) is 11.6 Å². The molecule has 4 aromatic rings. The predicted molar refractivity (Wildman–Crippen MR) is 119 cm³/mol. The van der Waals surface area contributed by atoms with Gasteiger partial charge in [0.25, 0.3) is 0 Å². The van der Waals surface area contributed by atoms with E-state index < -0.39 is 0 Å². The van der Waals surface area contributed by atoms with Crippen LogP contribution in [-0.2, 0) is 11.8 Å². The summed E-state index contributed by atoms with van der Waals surface area (Å²) in [5.41, 5.74) is 4.28. The van der Waals surface area contributed by atoms with Crippen molar-refractivity contribution in [3.63, 3.8) is 0 Å². The zero-order chi connectivity index (χ0) is 21.4. The van der Waals surface area contributed by atoms with Gasteiger partial charge in [-0.05, 0) is 43.7 Å². The van der Waals surface area contributed by atoms with Gasteiger partial charge in [0.1, 0.15) is 5.02 Å². The van der Waals surface area contributed by atoms with Crippen molar-refractivity contribution in [3.8, 4) is 5.82 Å². The molecule has 1 amide bonds. The van der Waals surface area contributed by atoms with E-state index in [-0.39, 0.29) is 5.91 Å². The Bertz CT molecular complexity index is 1290. The maximum absolute atomic E-state index is 11.6. The number of anilines is 3. The van der Waals surface area contributed by atoms with E-state index in [2.05, 4.69) is 32.3 Å². The zero-order valence-corrected chi connectivity index (χ0v) is 17.5. The molecule has 0 aliphatic heterocycles. The summed E-state index contributed by atoms with van der Waals surface area (Å²) in [6.07, 6.45) is 6.62. The predicted octanol–water partition coefficient (Wildman–Crippen LogP) is 4.29. The van der Waals surface area contributed by atoms with E-state index in [0.717, 1.165) is 27.8 Å². The Morgan fingerprint density at radius 3 is 2.77 bits per heavy atom. The van der Waals surface area contributed by atoms with E-state index in [1.54, 1.807) is 10.9 Å². The van der Waals surface area contributed by atoms with Crippen molar-refractivity contribution in [3.05, 3.63) is 65.7 Å². The molecule has 0 aliphatic rings. The highest BCUT2D eigenvalue weighted by atomic mass is 35.5. The number of hydrogen-bond acceptors (Lipinski definition) is 5. The van der Waals surface area contributed by atoms with Gasteiger partial charge in [-0.15, -0.1) is 0 Å². The number of halogens is 1. The lowest BCUT2D eigenvalue weighted by Crippen LogP contribution is -2.07. The molecule has 0 saturated carbocycles. The molecule has 3 heterocycles. The molecule has 3 aromatic heterocycles. The Labute approximate surface area is 178 Å². The van der Waals surface area contributed by atoms with Crippen LogP contribution in [0.25, 0.3) is 16.7 Å². The summed E-state index contributed by atoms with van der Waals surface area (Å²) < 4.78 is 3.63. The molecule has 0 saturated heterocycles. The first-order valence-corrected chi connectivity index (χ1v) is 9.59. The molecule has 0 fully saturated rings. The Hall–Kier alpha value is -3.65. The van der Waals surface area contributed by atoms with Crippen molar-refractivity contribution >= 4 is 45.7 Å². The van der Waals surface area contributed by atoms with Crippen LogP contribution in [0.15, 0.2) is 49.4 Å². The summed E-state index contributed by atoms with van der Waals surface area (Å²) in [6.45, 7) is 7.38. The third-order valence-electron chi connectivity index (χ3n) is 4.67. The van der Waals surface area contributed by atoms with Crippen molar-refractivity contribution in [1.29, 1.82) is 0 Å². The van der Waals surface area contributed by atoms with Gasteiger partial charge in [0.15, 0.2) is 5.82 Å². The molecule has 0 bridgehead atoms. The van der Waals surface area contributed by atoms with Gasteiger partial charge >= 0.3 is 0 Å². The Balaban J connectivity index is 1.75. The summed E-state index contributed by atoms with van der Waals surface area (Å²) in [6, 6.07) is 5.65. The van der Waals surface area contributed by atoms with E-state index >= 15 is 0 Å². The molecule has 0 unspecified atom stereocenters. The second-order valence-electron chi connectivity index (χ2n) is 6.90. The molecular weight excluding hydrogens is 402 g/mol. The van der Waals surface area contributed by atoms with Crippen LogP contribution in [0, 0.1) is 13.8 Å². The molecule has 30 heavy (non-hydrogen) atoms. The minimum Gasteiger partial charge on any atom is -0.323 e. The second-order valence-corrected chi connectivity index (χ2v) is 7.31. The van der Waals surface area contributed by atoms with Gasteiger partial charge in [-0.3, -0.25) is 14.0 Å². The summed E-state index contributed by atoms with van der Waals surface area (Å²) >= 11 is 6.44. The number of fused-ring (bicyclic) bond motifs is 1. The number of hydrogen-bond donors (Lipinski definition) is 2. The molecule has 1 aromatic carbocycles. The lowest BCUT2D eigenvalue weighted by Gasteiger charge is -2.10.